The molecule has 26 heavy (non-hydrogen) atoms. The fraction of sp³-hybridized carbons (Fsp3) is 0.688. The van der Waals surface area contributed by atoms with Crippen LogP contribution >= 0.6 is 0 Å². The van der Waals surface area contributed by atoms with Crippen LogP contribution in [0.25, 0.3) is 0 Å². The molecule has 146 valence electrons. The number of rotatable bonds is 8. The summed E-state index contributed by atoms with van der Waals surface area (Å²) in [6.07, 6.45) is -0.317. The van der Waals surface area contributed by atoms with Gasteiger partial charge in [-0.25, -0.2) is 9.59 Å². The van der Waals surface area contributed by atoms with Crippen molar-refractivity contribution in [3.8, 4) is 0 Å². The molecule has 0 aliphatic carbocycles. The van der Waals surface area contributed by atoms with E-state index in [4.69, 9.17) is 4.74 Å². The van der Waals surface area contributed by atoms with Gasteiger partial charge in [0.05, 0.1) is 0 Å². The number of hydrogen-bond donors (Lipinski definition) is 2. The second kappa shape index (κ2) is 9.73. The van der Waals surface area contributed by atoms with E-state index in [2.05, 4.69) is 15.5 Å². The van der Waals surface area contributed by atoms with Gasteiger partial charge in [0.25, 0.3) is 11.8 Å². The van der Waals surface area contributed by atoms with Gasteiger partial charge >= 0.3 is 12.1 Å². The zero-order chi connectivity index (χ0) is 19.7. The van der Waals surface area contributed by atoms with Gasteiger partial charge in [0.15, 0.2) is 0 Å². The van der Waals surface area contributed by atoms with Gasteiger partial charge in [0.2, 0.25) is 5.91 Å². The molecule has 4 amide bonds. The third kappa shape index (κ3) is 8.45. The molecule has 1 fully saturated rings. The first-order valence-corrected chi connectivity index (χ1v) is 8.38. The van der Waals surface area contributed by atoms with Crippen LogP contribution in [0.4, 0.5) is 4.79 Å². The van der Waals surface area contributed by atoms with Crippen molar-refractivity contribution in [2.24, 2.45) is 0 Å². The Kier molecular flexibility index (Phi) is 8.01. The number of ether oxygens (including phenoxy) is 1. The first kappa shape index (κ1) is 21.4. The van der Waals surface area contributed by atoms with Crippen molar-refractivity contribution in [1.82, 2.24) is 15.7 Å². The standard InChI is InChI=1S/C16H25N3O7/c1-16(2,3)25-15(24)18-10-9-17-11(20)5-4-6-14(23)26-19-12(21)7-8-13(19)22/h4-10H2,1-3H3,(H,17,20)(H,18,24). The van der Waals surface area contributed by atoms with Crippen molar-refractivity contribution in [3.63, 3.8) is 0 Å². The summed E-state index contributed by atoms with van der Waals surface area (Å²) in [6, 6.07) is 0. The number of hydrogen-bond acceptors (Lipinski definition) is 7. The molecule has 0 saturated carbocycles. The number of carbonyl (C=O) groups is 5. The average Bonchev–Trinajstić information content (AvgIpc) is 2.82. The first-order valence-electron chi connectivity index (χ1n) is 8.38. The van der Waals surface area contributed by atoms with Crippen LogP contribution in [-0.2, 0) is 28.8 Å². The van der Waals surface area contributed by atoms with Crippen molar-refractivity contribution in [2.45, 2.75) is 58.5 Å². The topological polar surface area (TPSA) is 131 Å². The predicted molar refractivity (Wildman–Crippen MR) is 88.3 cm³/mol. The molecule has 1 aliphatic rings. The van der Waals surface area contributed by atoms with Crippen LogP contribution in [0.2, 0.25) is 0 Å². The lowest BCUT2D eigenvalue weighted by molar-refractivity contribution is -0.197. The van der Waals surface area contributed by atoms with Crippen molar-refractivity contribution in [3.05, 3.63) is 0 Å². The average molecular weight is 371 g/mol. The van der Waals surface area contributed by atoms with Crippen LogP contribution in [0.15, 0.2) is 0 Å². The second-order valence-electron chi connectivity index (χ2n) is 6.68. The Hall–Kier alpha value is -2.65. The Labute approximate surface area is 151 Å². The van der Waals surface area contributed by atoms with Gasteiger partial charge in [-0.05, 0) is 27.2 Å². The summed E-state index contributed by atoms with van der Waals surface area (Å²) in [4.78, 5) is 61.9. The number of hydroxylamine groups is 2. The maximum Gasteiger partial charge on any atom is 0.407 e. The molecule has 0 aromatic heterocycles. The molecule has 10 nitrogen and oxygen atoms in total. The molecule has 0 spiro atoms. The van der Waals surface area contributed by atoms with Crippen molar-refractivity contribution in [2.75, 3.05) is 13.1 Å². The van der Waals surface area contributed by atoms with Crippen LogP contribution in [0.5, 0.6) is 0 Å². The Morgan fingerprint density at radius 3 is 2.15 bits per heavy atom. The number of nitrogens with one attached hydrogen (secondary N) is 2. The molecule has 0 aromatic rings. The van der Waals surface area contributed by atoms with Crippen molar-refractivity contribution in [1.29, 1.82) is 0 Å². The van der Waals surface area contributed by atoms with Crippen LogP contribution in [0.1, 0.15) is 52.9 Å². The van der Waals surface area contributed by atoms with Gasteiger partial charge in [0.1, 0.15) is 5.60 Å². The predicted octanol–water partition coefficient (Wildman–Crippen LogP) is 0.405. The highest BCUT2D eigenvalue weighted by Crippen LogP contribution is 2.13. The lowest BCUT2D eigenvalue weighted by Gasteiger charge is -2.19. The van der Waals surface area contributed by atoms with E-state index in [1.165, 1.54) is 0 Å². The number of carbonyl (C=O) groups excluding carboxylic acids is 5. The third-order valence-corrected chi connectivity index (χ3v) is 3.10. The second-order valence-corrected chi connectivity index (χ2v) is 6.68. The van der Waals surface area contributed by atoms with E-state index in [-0.39, 0.29) is 51.1 Å². The van der Waals surface area contributed by atoms with E-state index in [9.17, 15) is 24.0 Å². The lowest BCUT2D eigenvalue weighted by Crippen LogP contribution is -2.37. The van der Waals surface area contributed by atoms with E-state index >= 15 is 0 Å². The lowest BCUT2D eigenvalue weighted by atomic mass is 10.2. The molecular weight excluding hydrogens is 346 g/mol. The fourth-order valence-corrected chi connectivity index (χ4v) is 1.97. The number of nitrogens with zero attached hydrogens (tertiary/aromatic N) is 1. The minimum absolute atomic E-state index is 0.0336. The minimum atomic E-state index is -0.743. The van der Waals surface area contributed by atoms with Gasteiger partial charge in [-0.2, -0.15) is 0 Å². The Morgan fingerprint density at radius 2 is 1.58 bits per heavy atom. The zero-order valence-corrected chi connectivity index (χ0v) is 15.3. The van der Waals surface area contributed by atoms with Crippen LogP contribution in [0.3, 0.4) is 0 Å². The summed E-state index contributed by atoms with van der Waals surface area (Å²) in [5, 5.41) is 5.56. The molecule has 1 saturated heterocycles. The molecule has 1 aliphatic heterocycles. The SMILES string of the molecule is CC(C)(C)OC(=O)NCCNC(=O)CCCC(=O)ON1C(=O)CCC1=O. The highest BCUT2D eigenvalue weighted by atomic mass is 16.7. The molecule has 0 unspecified atom stereocenters. The number of imide groups is 1. The highest BCUT2D eigenvalue weighted by Gasteiger charge is 2.32. The van der Waals surface area contributed by atoms with Crippen LogP contribution < -0.4 is 10.6 Å². The van der Waals surface area contributed by atoms with E-state index in [0.717, 1.165) is 0 Å². The number of amides is 4. The zero-order valence-electron chi connectivity index (χ0n) is 15.3. The molecule has 0 atom stereocenters. The highest BCUT2D eigenvalue weighted by molar-refractivity contribution is 6.01. The van der Waals surface area contributed by atoms with E-state index in [1.807, 2.05) is 0 Å². The first-order chi connectivity index (χ1) is 12.1. The third-order valence-electron chi connectivity index (χ3n) is 3.10. The van der Waals surface area contributed by atoms with Gasteiger partial charge in [0, 0.05) is 38.8 Å². The largest absolute Gasteiger partial charge is 0.444 e. The molecule has 2 N–H and O–H groups in total. The summed E-state index contributed by atoms with van der Waals surface area (Å²) >= 11 is 0. The fourth-order valence-electron chi connectivity index (χ4n) is 1.97. The van der Waals surface area contributed by atoms with Crippen molar-refractivity contribution < 1.29 is 33.5 Å². The van der Waals surface area contributed by atoms with Crippen LogP contribution in [0, 0.1) is 0 Å². The summed E-state index contributed by atoms with van der Waals surface area (Å²) in [7, 11) is 0. The quantitative estimate of drug-likeness (QED) is 0.466. The molecule has 0 radical (unpaired) electrons. The molecule has 1 heterocycles. The Balaban J connectivity index is 2.09. The van der Waals surface area contributed by atoms with Crippen LogP contribution in [-0.4, -0.2) is 53.5 Å². The smallest absolute Gasteiger partial charge is 0.407 e. The van der Waals surface area contributed by atoms with Gasteiger partial charge in [-0.3, -0.25) is 14.4 Å². The monoisotopic (exact) mass is 371 g/mol. The Bertz CT molecular complexity index is 553. The van der Waals surface area contributed by atoms with Gasteiger partial charge in [-0.15, -0.1) is 5.06 Å². The molecule has 0 bridgehead atoms. The molecular formula is C16H25N3O7. The van der Waals surface area contributed by atoms with E-state index in [1.54, 1.807) is 20.8 Å². The van der Waals surface area contributed by atoms with Gasteiger partial charge in [-0.1, -0.05) is 0 Å². The maximum atomic E-state index is 11.6. The van der Waals surface area contributed by atoms with E-state index < -0.39 is 29.5 Å². The molecule has 1 rings (SSSR count). The van der Waals surface area contributed by atoms with Crippen molar-refractivity contribution >= 4 is 29.8 Å². The molecule has 10 heteroatoms. The summed E-state index contributed by atoms with van der Waals surface area (Å²) in [5.41, 5.74) is -0.591. The maximum absolute atomic E-state index is 11.6. The Morgan fingerprint density at radius 1 is 1.00 bits per heavy atom. The summed E-state index contributed by atoms with van der Waals surface area (Å²) in [5.74, 6) is -2.12. The minimum Gasteiger partial charge on any atom is -0.444 e. The summed E-state index contributed by atoms with van der Waals surface area (Å²) < 4.78 is 5.04. The van der Waals surface area contributed by atoms with E-state index in [0.29, 0.717) is 5.06 Å². The number of alkyl carbamates (subject to hydrolysis) is 1. The van der Waals surface area contributed by atoms with Gasteiger partial charge < -0.3 is 20.2 Å². The summed E-state index contributed by atoms with van der Waals surface area (Å²) in [6.45, 7) is 5.67. The molecule has 0 aromatic carbocycles. The normalized spacial score (nSPS) is 14.2.